The molecule has 0 amide bonds. The highest BCUT2D eigenvalue weighted by atomic mass is 16.4. The van der Waals surface area contributed by atoms with Crippen LogP contribution in [0.5, 0.6) is 0 Å². The molecule has 1 saturated carbocycles. The molecular formula is C33H32N2O. The summed E-state index contributed by atoms with van der Waals surface area (Å²) in [6.45, 7) is 9.50. The van der Waals surface area contributed by atoms with Gasteiger partial charge in [-0.3, -0.25) is 0 Å². The molecule has 1 heterocycles. The van der Waals surface area contributed by atoms with E-state index >= 15 is 0 Å². The Hall–Kier alpha value is -3.72. The third kappa shape index (κ3) is 4.03. The summed E-state index contributed by atoms with van der Waals surface area (Å²) in [6.07, 6.45) is 1.30. The lowest BCUT2D eigenvalue weighted by Gasteiger charge is -2.07. The summed E-state index contributed by atoms with van der Waals surface area (Å²) >= 11 is 0. The molecule has 2 atom stereocenters. The number of hydrogen-bond donors (Lipinski definition) is 0. The number of rotatable bonds is 6. The first kappa shape index (κ1) is 22.7. The smallest absolute Gasteiger partial charge is 0.248 e. The number of aromatic nitrogens is 2. The zero-order chi connectivity index (χ0) is 24.9. The highest BCUT2D eigenvalue weighted by Gasteiger charge is 2.57. The lowest BCUT2D eigenvalue weighted by Crippen LogP contribution is -1.94. The van der Waals surface area contributed by atoms with Gasteiger partial charge in [-0.1, -0.05) is 100 Å². The third-order valence-corrected chi connectivity index (χ3v) is 7.96. The van der Waals surface area contributed by atoms with Crippen LogP contribution in [0, 0.1) is 17.3 Å². The zero-order valence-corrected chi connectivity index (χ0v) is 21.4. The van der Waals surface area contributed by atoms with E-state index in [1.807, 2.05) is 24.3 Å². The van der Waals surface area contributed by atoms with Gasteiger partial charge in [0.15, 0.2) is 0 Å². The predicted octanol–water partition coefficient (Wildman–Crippen LogP) is 9.01. The average Bonchev–Trinajstić information content (AvgIpc) is 3.21. The van der Waals surface area contributed by atoms with Crippen molar-refractivity contribution in [1.82, 2.24) is 10.2 Å². The Bertz CT molecular complexity index is 1500. The van der Waals surface area contributed by atoms with Gasteiger partial charge >= 0.3 is 0 Å². The van der Waals surface area contributed by atoms with Gasteiger partial charge in [0.2, 0.25) is 11.8 Å². The van der Waals surface area contributed by atoms with E-state index in [1.165, 1.54) is 23.1 Å². The van der Waals surface area contributed by atoms with Crippen LogP contribution in [-0.2, 0) is 0 Å². The maximum absolute atomic E-state index is 6.09. The number of hydrogen-bond acceptors (Lipinski definition) is 3. The first-order chi connectivity index (χ1) is 17.4. The van der Waals surface area contributed by atoms with Crippen LogP contribution in [0.2, 0.25) is 0 Å². The average molecular weight is 473 g/mol. The molecule has 1 aliphatic carbocycles. The molecule has 0 aliphatic heterocycles. The lowest BCUT2D eigenvalue weighted by molar-refractivity contribution is 0.462. The Morgan fingerprint density at radius 3 is 2.06 bits per heavy atom. The van der Waals surface area contributed by atoms with Crippen LogP contribution >= 0.6 is 0 Å². The second-order valence-electron chi connectivity index (χ2n) is 11.2. The van der Waals surface area contributed by atoms with Crippen LogP contribution in [0.3, 0.4) is 0 Å². The molecule has 6 rings (SSSR count). The van der Waals surface area contributed by atoms with Crippen LogP contribution in [-0.4, -0.2) is 10.2 Å². The second-order valence-corrected chi connectivity index (χ2v) is 11.2. The molecule has 5 aromatic rings. The van der Waals surface area contributed by atoms with Gasteiger partial charge in [0.25, 0.3) is 0 Å². The van der Waals surface area contributed by atoms with Crippen LogP contribution < -0.4 is 0 Å². The van der Waals surface area contributed by atoms with E-state index in [1.54, 1.807) is 0 Å². The summed E-state index contributed by atoms with van der Waals surface area (Å²) in [7, 11) is 0. The van der Waals surface area contributed by atoms with Gasteiger partial charge in [-0.25, -0.2) is 0 Å². The topological polar surface area (TPSA) is 38.9 Å². The SMILES string of the molecule is CC(C)CC1C(c2ccc(-c3ccc(-c4nnc(-c5cccc6ccccc56)o4)cc3)cc2)C1(C)C. The predicted molar refractivity (Wildman–Crippen MR) is 148 cm³/mol. The van der Waals surface area contributed by atoms with Crippen molar-refractivity contribution in [2.24, 2.45) is 17.3 Å². The first-order valence-electron chi connectivity index (χ1n) is 12.9. The minimum atomic E-state index is 0.405. The summed E-state index contributed by atoms with van der Waals surface area (Å²) in [5.74, 6) is 3.28. The molecule has 4 aromatic carbocycles. The molecule has 2 unspecified atom stereocenters. The lowest BCUT2D eigenvalue weighted by atomic mass is 9.98. The van der Waals surface area contributed by atoms with Crippen LogP contribution in [0.15, 0.2) is 95.4 Å². The van der Waals surface area contributed by atoms with Gasteiger partial charge in [-0.15, -0.1) is 10.2 Å². The minimum Gasteiger partial charge on any atom is -0.416 e. The maximum atomic E-state index is 6.09. The molecule has 0 N–H and O–H groups in total. The summed E-state index contributed by atoms with van der Waals surface area (Å²) in [5.41, 5.74) is 6.17. The molecule has 3 nitrogen and oxygen atoms in total. The Balaban J connectivity index is 1.21. The normalized spacial score (nSPS) is 18.6. The summed E-state index contributed by atoms with van der Waals surface area (Å²) < 4.78 is 6.09. The van der Waals surface area contributed by atoms with E-state index in [-0.39, 0.29) is 0 Å². The molecule has 1 fully saturated rings. The maximum Gasteiger partial charge on any atom is 0.248 e. The molecule has 0 saturated heterocycles. The van der Waals surface area contributed by atoms with Gasteiger partial charge in [0.1, 0.15) is 0 Å². The van der Waals surface area contributed by atoms with E-state index in [9.17, 15) is 0 Å². The molecule has 1 aromatic heterocycles. The fraction of sp³-hybridized carbons (Fsp3) is 0.273. The van der Waals surface area contributed by atoms with Crippen molar-refractivity contribution in [3.8, 4) is 34.0 Å². The standard InChI is InChI=1S/C33H32N2O/c1-21(2)20-29-30(33(29,3)4)25-16-12-22(13-17-25)23-14-18-26(19-15-23)31-34-35-32(36-31)28-11-7-9-24-8-5-6-10-27(24)28/h5-19,21,29-30H,20H2,1-4H3. The first-order valence-corrected chi connectivity index (χ1v) is 12.9. The summed E-state index contributed by atoms with van der Waals surface area (Å²) in [5, 5.41) is 10.9. The van der Waals surface area contributed by atoms with Gasteiger partial charge in [0.05, 0.1) is 0 Å². The van der Waals surface area contributed by atoms with Crippen LogP contribution in [0.4, 0.5) is 0 Å². The van der Waals surface area contributed by atoms with Crippen LogP contribution in [0.1, 0.15) is 45.6 Å². The Morgan fingerprint density at radius 2 is 1.33 bits per heavy atom. The Kier molecular flexibility index (Phi) is 5.52. The number of benzene rings is 4. The number of fused-ring (bicyclic) bond motifs is 1. The number of nitrogens with zero attached hydrogens (tertiary/aromatic N) is 2. The minimum absolute atomic E-state index is 0.405. The van der Waals surface area contributed by atoms with Crippen molar-refractivity contribution < 1.29 is 4.42 Å². The summed E-state index contributed by atoms with van der Waals surface area (Å²) in [6, 6.07) is 32.0. The third-order valence-electron chi connectivity index (χ3n) is 7.96. The molecule has 0 radical (unpaired) electrons. The highest BCUT2D eigenvalue weighted by Crippen LogP contribution is 2.66. The van der Waals surface area contributed by atoms with E-state index in [4.69, 9.17) is 4.42 Å². The van der Waals surface area contributed by atoms with Crippen molar-refractivity contribution in [3.05, 3.63) is 96.6 Å². The molecule has 3 heteroatoms. The second kappa shape index (κ2) is 8.74. The van der Waals surface area contributed by atoms with Crippen molar-refractivity contribution in [1.29, 1.82) is 0 Å². The highest BCUT2D eigenvalue weighted by molar-refractivity contribution is 5.94. The van der Waals surface area contributed by atoms with E-state index in [0.717, 1.165) is 33.7 Å². The van der Waals surface area contributed by atoms with E-state index in [2.05, 4.69) is 105 Å². The van der Waals surface area contributed by atoms with Gasteiger partial charge < -0.3 is 4.42 Å². The van der Waals surface area contributed by atoms with Crippen molar-refractivity contribution >= 4 is 10.8 Å². The Morgan fingerprint density at radius 1 is 0.722 bits per heavy atom. The summed E-state index contributed by atoms with van der Waals surface area (Å²) in [4.78, 5) is 0. The van der Waals surface area contributed by atoms with Gasteiger partial charge in [-0.2, -0.15) is 0 Å². The van der Waals surface area contributed by atoms with Crippen molar-refractivity contribution in [3.63, 3.8) is 0 Å². The van der Waals surface area contributed by atoms with Gasteiger partial charge in [0, 0.05) is 11.1 Å². The monoisotopic (exact) mass is 472 g/mol. The molecule has 180 valence electrons. The quantitative estimate of drug-likeness (QED) is 0.247. The van der Waals surface area contributed by atoms with Crippen LogP contribution in [0.25, 0.3) is 44.8 Å². The van der Waals surface area contributed by atoms with Gasteiger partial charge in [-0.05, 0) is 75.3 Å². The molecule has 0 spiro atoms. The fourth-order valence-electron chi connectivity index (χ4n) is 5.90. The van der Waals surface area contributed by atoms with E-state index in [0.29, 0.717) is 23.1 Å². The van der Waals surface area contributed by atoms with Crippen molar-refractivity contribution in [2.75, 3.05) is 0 Å². The molecule has 36 heavy (non-hydrogen) atoms. The van der Waals surface area contributed by atoms with Crippen molar-refractivity contribution in [2.45, 2.75) is 40.0 Å². The largest absolute Gasteiger partial charge is 0.416 e. The molecule has 0 bridgehead atoms. The zero-order valence-electron chi connectivity index (χ0n) is 21.4. The fourth-order valence-corrected chi connectivity index (χ4v) is 5.90. The van der Waals surface area contributed by atoms with E-state index < -0.39 is 0 Å². The molecular weight excluding hydrogens is 440 g/mol. The Labute approximate surface area is 213 Å². The molecule has 1 aliphatic rings.